The quantitative estimate of drug-likeness (QED) is 0.167. The minimum atomic E-state index is 0.599. The first-order valence-corrected chi connectivity index (χ1v) is 20.4. The molecule has 0 amide bonds. The van der Waals surface area contributed by atoms with Crippen LogP contribution < -0.4 is 0 Å². The number of nitriles is 1. The van der Waals surface area contributed by atoms with E-state index in [9.17, 15) is 5.26 Å². The lowest BCUT2D eigenvalue weighted by Crippen LogP contribution is -2.00. The number of nitrogens with zero attached hydrogens (tertiary/aromatic N) is 6. The monoisotopic (exact) mass is 776 g/mol. The molecule has 0 bridgehead atoms. The maximum absolute atomic E-state index is 9.22. The fourth-order valence-electron chi connectivity index (χ4n) is 7.47. The van der Waals surface area contributed by atoms with Crippen molar-refractivity contribution in [2.24, 2.45) is 0 Å². The molecule has 0 spiro atoms. The number of hydrogen-bond acceptors (Lipinski definition) is 8. The van der Waals surface area contributed by atoms with Crippen LogP contribution in [0.4, 0.5) is 0 Å². The highest BCUT2D eigenvalue weighted by Crippen LogP contribution is 2.41. The van der Waals surface area contributed by atoms with Crippen LogP contribution in [0.1, 0.15) is 5.56 Å². The molecule has 0 aliphatic heterocycles. The average molecular weight is 777 g/mol. The Balaban J connectivity index is 0.999. The summed E-state index contributed by atoms with van der Waals surface area (Å²) in [4.78, 5) is 25.4. The Morgan fingerprint density at radius 3 is 1.62 bits per heavy atom. The SMILES string of the molecule is N#Cc1ccc(-c2ccc(-c3nc(-c4ccccc4)nc(-c4ccc5c(c4)sc4ccc(-c6nc(-c7ccccc7)c7sc8ccccc8c7n6)cc45)n3)cc2)cc1. The molecule has 0 aliphatic carbocycles. The normalized spacial score (nSPS) is 11.4. The van der Waals surface area contributed by atoms with E-state index in [1.807, 2.05) is 72.8 Å². The molecular formula is C50H28N6S2. The van der Waals surface area contributed by atoms with Crippen molar-refractivity contribution in [3.8, 4) is 74.0 Å². The van der Waals surface area contributed by atoms with Crippen LogP contribution in [0, 0.1) is 11.3 Å². The molecule has 11 aromatic rings. The third kappa shape index (κ3) is 5.98. The summed E-state index contributed by atoms with van der Waals surface area (Å²) in [5.74, 6) is 2.53. The zero-order chi connectivity index (χ0) is 38.6. The lowest BCUT2D eigenvalue weighted by Gasteiger charge is -2.09. The van der Waals surface area contributed by atoms with Crippen molar-refractivity contribution >= 4 is 63.1 Å². The van der Waals surface area contributed by atoms with Gasteiger partial charge in [-0.05, 0) is 53.6 Å². The molecule has 58 heavy (non-hydrogen) atoms. The molecule has 270 valence electrons. The number of rotatable bonds is 6. The smallest absolute Gasteiger partial charge is 0.164 e. The van der Waals surface area contributed by atoms with Gasteiger partial charge in [0.05, 0.1) is 27.5 Å². The topological polar surface area (TPSA) is 88.2 Å². The molecule has 7 aromatic carbocycles. The second-order valence-electron chi connectivity index (χ2n) is 14.0. The Labute approximate surface area is 341 Å². The van der Waals surface area contributed by atoms with Crippen molar-refractivity contribution in [2.75, 3.05) is 0 Å². The van der Waals surface area contributed by atoms with Gasteiger partial charge in [0.15, 0.2) is 23.3 Å². The molecule has 0 fully saturated rings. The third-order valence-electron chi connectivity index (χ3n) is 10.4. The summed E-state index contributed by atoms with van der Waals surface area (Å²) in [6.07, 6.45) is 0. The molecule has 4 heterocycles. The number of hydrogen-bond donors (Lipinski definition) is 0. The Morgan fingerprint density at radius 1 is 0.362 bits per heavy atom. The average Bonchev–Trinajstić information content (AvgIpc) is 3.87. The lowest BCUT2D eigenvalue weighted by atomic mass is 10.0. The molecule has 0 N–H and O–H groups in total. The van der Waals surface area contributed by atoms with E-state index in [0.717, 1.165) is 75.7 Å². The van der Waals surface area contributed by atoms with Gasteiger partial charge >= 0.3 is 0 Å². The van der Waals surface area contributed by atoms with Crippen LogP contribution in [-0.4, -0.2) is 24.9 Å². The predicted octanol–water partition coefficient (Wildman–Crippen LogP) is 13.3. The number of aromatic nitrogens is 5. The summed E-state index contributed by atoms with van der Waals surface area (Å²) in [5, 5.41) is 12.7. The van der Waals surface area contributed by atoms with Crippen LogP contribution in [0.15, 0.2) is 170 Å². The van der Waals surface area contributed by atoms with Crippen molar-refractivity contribution in [3.63, 3.8) is 0 Å². The van der Waals surface area contributed by atoms with E-state index in [0.29, 0.717) is 28.9 Å². The van der Waals surface area contributed by atoms with Crippen LogP contribution >= 0.6 is 22.7 Å². The van der Waals surface area contributed by atoms with E-state index < -0.39 is 0 Å². The molecule has 8 heteroatoms. The van der Waals surface area contributed by atoms with Crippen LogP contribution in [0.25, 0.3) is 108 Å². The Kier molecular flexibility index (Phi) is 8.14. The van der Waals surface area contributed by atoms with Gasteiger partial charge in [-0.1, -0.05) is 127 Å². The highest BCUT2D eigenvalue weighted by Gasteiger charge is 2.18. The van der Waals surface area contributed by atoms with Crippen LogP contribution in [0.3, 0.4) is 0 Å². The summed E-state index contributed by atoms with van der Waals surface area (Å²) in [5.41, 5.74) is 9.44. The molecule has 0 atom stereocenters. The van der Waals surface area contributed by atoms with Gasteiger partial charge in [0.2, 0.25) is 0 Å². The van der Waals surface area contributed by atoms with Crippen LogP contribution in [-0.2, 0) is 0 Å². The van der Waals surface area contributed by atoms with Crippen molar-refractivity contribution in [1.82, 2.24) is 24.9 Å². The third-order valence-corrected chi connectivity index (χ3v) is 12.7. The highest BCUT2D eigenvalue weighted by atomic mass is 32.1. The molecule has 0 saturated heterocycles. The maximum Gasteiger partial charge on any atom is 0.164 e. The number of thiophene rings is 2. The molecule has 0 aliphatic rings. The first-order chi connectivity index (χ1) is 28.6. The van der Waals surface area contributed by atoms with Gasteiger partial charge in [-0.15, -0.1) is 22.7 Å². The number of fused-ring (bicyclic) bond motifs is 6. The fraction of sp³-hybridized carbons (Fsp3) is 0. The summed E-state index contributed by atoms with van der Waals surface area (Å²) < 4.78 is 4.63. The summed E-state index contributed by atoms with van der Waals surface area (Å²) >= 11 is 3.50. The van der Waals surface area contributed by atoms with Gasteiger partial charge in [0.25, 0.3) is 0 Å². The molecule has 0 unspecified atom stereocenters. The molecule has 11 rings (SSSR count). The molecular weight excluding hydrogens is 749 g/mol. The standard InChI is InChI=1S/C50H28N6S2/c51-29-30-15-17-31(18-16-30)32-19-21-35(22-20-32)48-54-47(34-11-5-2-6-12-34)55-50(56-48)37-23-25-38-40-27-36(24-26-42(40)57-43(38)28-37)49-52-44(33-9-3-1-4-10-33)46-45(53-49)39-13-7-8-14-41(39)58-46/h1-28H. The van der Waals surface area contributed by atoms with Gasteiger partial charge in [0.1, 0.15) is 0 Å². The summed E-state index contributed by atoms with van der Waals surface area (Å²) in [6, 6.07) is 59.9. The van der Waals surface area contributed by atoms with Crippen molar-refractivity contribution < 1.29 is 0 Å². The van der Waals surface area contributed by atoms with E-state index in [2.05, 4.69) is 103 Å². The van der Waals surface area contributed by atoms with Gasteiger partial charge in [-0.25, -0.2) is 24.9 Å². The maximum atomic E-state index is 9.22. The Hall–Kier alpha value is -7.44. The largest absolute Gasteiger partial charge is 0.226 e. The van der Waals surface area contributed by atoms with Gasteiger partial charge in [-0.3, -0.25) is 0 Å². The highest BCUT2D eigenvalue weighted by molar-refractivity contribution is 7.26. The van der Waals surface area contributed by atoms with Crippen molar-refractivity contribution in [1.29, 1.82) is 5.26 Å². The van der Waals surface area contributed by atoms with Crippen LogP contribution in [0.5, 0.6) is 0 Å². The predicted molar refractivity (Wildman–Crippen MR) is 239 cm³/mol. The molecule has 4 aromatic heterocycles. The summed E-state index contributed by atoms with van der Waals surface area (Å²) in [6.45, 7) is 0. The molecule has 0 radical (unpaired) electrons. The molecule has 6 nitrogen and oxygen atoms in total. The van der Waals surface area contributed by atoms with E-state index in [-0.39, 0.29) is 0 Å². The zero-order valence-corrected chi connectivity index (χ0v) is 32.3. The summed E-state index contributed by atoms with van der Waals surface area (Å²) in [7, 11) is 0. The van der Waals surface area contributed by atoms with Gasteiger partial charge in [0, 0.05) is 58.1 Å². The van der Waals surface area contributed by atoms with Gasteiger partial charge < -0.3 is 0 Å². The first kappa shape index (κ1) is 33.9. The molecule has 0 saturated carbocycles. The Morgan fingerprint density at radius 2 is 0.897 bits per heavy atom. The fourth-order valence-corrected chi connectivity index (χ4v) is 9.75. The number of benzene rings is 7. The second kappa shape index (κ2) is 13.9. The van der Waals surface area contributed by atoms with E-state index in [1.54, 1.807) is 22.7 Å². The van der Waals surface area contributed by atoms with Gasteiger partial charge in [-0.2, -0.15) is 5.26 Å². The van der Waals surface area contributed by atoms with Crippen LogP contribution in [0.2, 0.25) is 0 Å². The van der Waals surface area contributed by atoms with E-state index in [4.69, 9.17) is 24.9 Å². The first-order valence-electron chi connectivity index (χ1n) is 18.8. The van der Waals surface area contributed by atoms with Crippen molar-refractivity contribution in [2.45, 2.75) is 0 Å². The zero-order valence-electron chi connectivity index (χ0n) is 30.7. The lowest BCUT2D eigenvalue weighted by molar-refractivity contribution is 1.07. The minimum Gasteiger partial charge on any atom is -0.226 e. The second-order valence-corrected chi connectivity index (χ2v) is 16.1. The van der Waals surface area contributed by atoms with E-state index >= 15 is 0 Å². The van der Waals surface area contributed by atoms with Crippen molar-refractivity contribution in [3.05, 3.63) is 175 Å². The van der Waals surface area contributed by atoms with E-state index in [1.165, 1.54) is 9.40 Å². The Bertz CT molecular complexity index is 3390. The minimum absolute atomic E-state index is 0.599.